The molecule has 0 fully saturated rings. The van der Waals surface area contributed by atoms with Gasteiger partial charge in [-0.2, -0.15) is 5.10 Å². The first-order valence-corrected chi connectivity index (χ1v) is 7.10. The van der Waals surface area contributed by atoms with Gasteiger partial charge in [0.15, 0.2) is 0 Å². The summed E-state index contributed by atoms with van der Waals surface area (Å²) >= 11 is 0. The van der Waals surface area contributed by atoms with Crippen LogP contribution in [0.15, 0.2) is 42.7 Å². The third kappa shape index (κ3) is 4.58. The first kappa shape index (κ1) is 18.2. The molecule has 0 radical (unpaired) electrons. The number of carbonyl (C=O) groups excluding carboxylic acids is 1. The Labute approximate surface area is 137 Å². The van der Waals surface area contributed by atoms with E-state index in [0.29, 0.717) is 6.54 Å². The average molecular weight is 323 g/mol. The van der Waals surface area contributed by atoms with Crippen LogP contribution < -0.4 is 11.1 Å². The van der Waals surface area contributed by atoms with Crippen molar-refractivity contribution in [2.45, 2.75) is 25.3 Å². The van der Waals surface area contributed by atoms with Gasteiger partial charge in [-0.1, -0.05) is 30.3 Å². The van der Waals surface area contributed by atoms with Crippen molar-refractivity contribution in [3.63, 3.8) is 0 Å². The first-order chi connectivity index (χ1) is 10.00. The Balaban J connectivity index is 0.00000242. The second-order valence-corrected chi connectivity index (χ2v) is 5.45. The molecule has 6 heteroatoms. The van der Waals surface area contributed by atoms with Crippen LogP contribution in [-0.4, -0.2) is 22.2 Å². The van der Waals surface area contributed by atoms with Gasteiger partial charge in [-0.25, -0.2) is 0 Å². The van der Waals surface area contributed by atoms with E-state index in [1.807, 2.05) is 49.8 Å². The first-order valence-electron chi connectivity index (χ1n) is 7.10. The highest BCUT2D eigenvalue weighted by atomic mass is 35.5. The van der Waals surface area contributed by atoms with Crippen LogP contribution in [0.5, 0.6) is 0 Å². The van der Waals surface area contributed by atoms with Crippen LogP contribution in [-0.2, 0) is 23.8 Å². The zero-order valence-corrected chi connectivity index (χ0v) is 13.8. The van der Waals surface area contributed by atoms with Gasteiger partial charge in [0.1, 0.15) is 5.54 Å². The van der Waals surface area contributed by atoms with Crippen molar-refractivity contribution < 1.29 is 4.79 Å². The van der Waals surface area contributed by atoms with Crippen LogP contribution in [0, 0.1) is 0 Å². The van der Waals surface area contributed by atoms with Crippen molar-refractivity contribution >= 4 is 18.3 Å². The van der Waals surface area contributed by atoms with Gasteiger partial charge < -0.3 is 11.1 Å². The summed E-state index contributed by atoms with van der Waals surface area (Å²) in [7, 11) is 1.89. The average Bonchev–Trinajstić information content (AvgIpc) is 2.90. The minimum Gasteiger partial charge on any atom is -0.354 e. The van der Waals surface area contributed by atoms with E-state index >= 15 is 0 Å². The smallest absolute Gasteiger partial charge is 0.244 e. The van der Waals surface area contributed by atoms with Gasteiger partial charge in [0.2, 0.25) is 5.91 Å². The molecule has 2 aromatic rings. The molecule has 1 atom stereocenters. The Morgan fingerprint density at radius 3 is 2.64 bits per heavy atom. The van der Waals surface area contributed by atoms with Gasteiger partial charge in [0.05, 0.1) is 6.20 Å². The summed E-state index contributed by atoms with van der Waals surface area (Å²) in [5, 5.41) is 7.03. The van der Waals surface area contributed by atoms with Crippen LogP contribution in [0.3, 0.4) is 0 Å². The summed E-state index contributed by atoms with van der Waals surface area (Å²) in [5.74, 6) is -0.153. The lowest BCUT2D eigenvalue weighted by atomic mass is 9.92. The van der Waals surface area contributed by atoms with E-state index < -0.39 is 5.54 Å². The van der Waals surface area contributed by atoms with Crippen molar-refractivity contribution in [1.82, 2.24) is 15.1 Å². The van der Waals surface area contributed by atoms with Crippen molar-refractivity contribution in [3.05, 3.63) is 53.9 Å². The molecule has 1 aromatic carbocycles. The second kappa shape index (κ2) is 7.96. The van der Waals surface area contributed by atoms with Crippen LogP contribution >= 0.6 is 12.4 Å². The number of aryl methyl sites for hydroxylation is 2. The fourth-order valence-corrected chi connectivity index (χ4v) is 2.19. The van der Waals surface area contributed by atoms with E-state index in [4.69, 9.17) is 5.73 Å². The zero-order valence-electron chi connectivity index (χ0n) is 13.0. The number of hydrogen-bond donors (Lipinski definition) is 2. The number of halogens is 1. The number of carbonyl (C=O) groups is 1. The van der Waals surface area contributed by atoms with Crippen molar-refractivity contribution in [2.24, 2.45) is 12.8 Å². The van der Waals surface area contributed by atoms with Crippen LogP contribution in [0.2, 0.25) is 0 Å². The number of rotatable bonds is 6. The maximum absolute atomic E-state index is 12.2. The Morgan fingerprint density at radius 2 is 2.05 bits per heavy atom. The molecule has 22 heavy (non-hydrogen) atoms. The largest absolute Gasteiger partial charge is 0.354 e. The lowest BCUT2D eigenvalue weighted by Gasteiger charge is -2.24. The van der Waals surface area contributed by atoms with Crippen LogP contribution in [0.4, 0.5) is 0 Å². The van der Waals surface area contributed by atoms with E-state index in [9.17, 15) is 4.79 Å². The summed E-state index contributed by atoms with van der Waals surface area (Å²) in [6.45, 7) is 2.34. The summed E-state index contributed by atoms with van der Waals surface area (Å²) in [5.41, 5.74) is 7.13. The molecule has 1 unspecified atom stereocenters. The minimum absolute atomic E-state index is 0. The Bertz CT molecular complexity index is 595. The summed E-state index contributed by atoms with van der Waals surface area (Å²) in [4.78, 5) is 12.2. The molecule has 120 valence electrons. The van der Waals surface area contributed by atoms with Crippen LogP contribution in [0.1, 0.15) is 24.5 Å². The Kier molecular flexibility index (Phi) is 6.59. The van der Waals surface area contributed by atoms with E-state index in [1.54, 1.807) is 11.6 Å². The molecular formula is C16H23ClN4O. The second-order valence-electron chi connectivity index (χ2n) is 5.45. The molecular weight excluding hydrogens is 300 g/mol. The molecule has 0 saturated heterocycles. The van der Waals surface area contributed by atoms with Gasteiger partial charge in [-0.3, -0.25) is 9.48 Å². The normalized spacial score (nSPS) is 13.0. The molecule has 1 aromatic heterocycles. The molecule has 5 nitrogen and oxygen atoms in total. The summed E-state index contributed by atoms with van der Waals surface area (Å²) in [6, 6.07) is 9.42. The number of aromatic nitrogens is 2. The number of nitrogens with two attached hydrogens (primary N) is 1. The highest BCUT2D eigenvalue weighted by Crippen LogP contribution is 2.17. The lowest BCUT2D eigenvalue weighted by molar-refractivity contribution is -0.126. The lowest BCUT2D eigenvalue weighted by Crippen LogP contribution is -2.49. The van der Waals surface area contributed by atoms with E-state index in [-0.39, 0.29) is 18.3 Å². The molecule has 3 N–H and O–H groups in total. The van der Waals surface area contributed by atoms with E-state index in [1.165, 1.54) is 5.56 Å². The van der Waals surface area contributed by atoms with Crippen molar-refractivity contribution in [1.29, 1.82) is 0 Å². The molecule has 0 aliphatic carbocycles. The summed E-state index contributed by atoms with van der Waals surface area (Å²) < 4.78 is 1.78. The molecule has 1 heterocycles. The predicted molar refractivity (Wildman–Crippen MR) is 89.8 cm³/mol. The van der Waals surface area contributed by atoms with Gasteiger partial charge >= 0.3 is 0 Å². The van der Waals surface area contributed by atoms with Crippen LogP contribution in [0.25, 0.3) is 0 Å². The number of hydrogen-bond acceptors (Lipinski definition) is 3. The standard InChI is InChI=1S/C16H22N4O.ClH/c1-16(17,14-8-4-3-5-9-14)15(21)18-10-6-7-13-11-19-20(2)12-13;/h3-5,8-9,11-12H,6-7,10,17H2,1-2H3,(H,18,21);1H. The number of amides is 1. The third-order valence-corrected chi connectivity index (χ3v) is 3.53. The molecule has 0 aliphatic rings. The quantitative estimate of drug-likeness (QED) is 0.796. The SMILES string of the molecule is Cl.Cn1cc(CCCNC(=O)C(C)(N)c2ccccc2)cn1. The highest BCUT2D eigenvalue weighted by Gasteiger charge is 2.29. The van der Waals surface area contributed by atoms with Gasteiger partial charge in [-0.05, 0) is 30.9 Å². The topological polar surface area (TPSA) is 72.9 Å². The molecule has 1 amide bonds. The van der Waals surface area contributed by atoms with Gasteiger partial charge in [0.25, 0.3) is 0 Å². The highest BCUT2D eigenvalue weighted by molar-refractivity contribution is 5.86. The summed E-state index contributed by atoms with van der Waals surface area (Å²) in [6.07, 6.45) is 5.58. The monoisotopic (exact) mass is 322 g/mol. The zero-order chi connectivity index (χ0) is 15.3. The number of nitrogens with one attached hydrogen (secondary N) is 1. The molecule has 0 saturated carbocycles. The van der Waals surface area contributed by atoms with Crippen molar-refractivity contribution in [3.8, 4) is 0 Å². The maximum Gasteiger partial charge on any atom is 0.244 e. The third-order valence-electron chi connectivity index (χ3n) is 3.53. The predicted octanol–water partition coefficient (Wildman–Crippen LogP) is 1.76. The maximum atomic E-state index is 12.2. The van der Waals surface area contributed by atoms with Crippen molar-refractivity contribution in [2.75, 3.05) is 6.54 Å². The molecule has 0 spiro atoms. The minimum atomic E-state index is -1.00. The Morgan fingerprint density at radius 1 is 1.36 bits per heavy atom. The fraction of sp³-hybridized carbons (Fsp3) is 0.375. The molecule has 0 bridgehead atoms. The fourth-order valence-electron chi connectivity index (χ4n) is 2.19. The number of benzene rings is 1. The molecule has 2 rings (SSSR count). The van der Waals surface area contributed by atoms with Gasteiger partial charge in [0, 0.05) is 19.8 Å². The van der Waals surface area contributed by atoms with E-state index in [2.05, 4.69) is 10.4 Å². The molecule has 0 aliphatic heterocycles. The van der Waals surface area contributed by atoms with Gasteiger partial charge in [-0.15, -0.1) is 12.4 Å². The number of nitrogens with zero attached hydrogens (tertiary/aromatic N) is 2. The Hall–Kier alpha value is -1.85. The van der Waals surface area contributed by atoms with E-state index in [0.717, 1.165) is 18.4 Å².